The molecule has 1 fully saturated rings. The quantitative estimate of drug-likeness (QED) is 0.559. The summed E-state index contributed by atoms with van der Waals surface area (Å²) in [5.41, 5.74) is 0.855. The highest BCUT2D eigenvalue weighted by molar-refractivity contribution is 9.10. The molecule has 7 heteroatoms. The van der Waals surface area contributed by atoms with Crippen molar-refractivity contribution in [2.75, 3.05) is 6.61 Å². The third-order valence-electron chi connectivity index (χ3n) is 3.09. The van der Waals surface area contributed by atoms with Crippen molar-refractivity contribution < 1.29 is 9.53 Å². The van der Waals surface area contributed by atoms with Crippen LogP contribution in [0.15, 0.2) is 45.1 Å². The number of halogens is 1. The Kier molecular flexibility index (Phi) is 5.53. The summed E-state index contributed by atoms with van der Waals surface area (Å²) in [7, 11) is 0. The molecule has 1 saturated heterocycles. The summed E-state index contributed by atoms with van der Waals surface area (Å²) in [5, 5.41) is 4.68. The molecule has 2 aromatic rings. The van der Waals surface area contributed by atoms with Crippen molar-refractivity contribution in [2.24, 2.45) is 0 Å². The van der Waals surface area contributed by atoms with Gasteiger partial charge < -0.3 is 10.1 Å². The maximum Gasteiger partial charge on any atom is 0.263 e. The number of thiophene rings is 1. The van der Waals surface area contributed by atoms with Crippen LogP contribution in [0.25, 0.3) is 6.08 Å². The number of thioether (sulfide) groups is 1. The Morgan fingerprint density at radius 1 is 1.35 bits per heavy atom. The molecule has 23 heavy (non-hydrogen) atoms. The number of benzene rings is 1. The van der Waals surface area contributed by atoms with E-state index in [1.807, 2.05) is 30.3 Å². The third kappa shape index (κ3) is 4.44. The second-order valence-corrected chi connectivity index (χ2v) is 8.38. The average molecular weight is 426 g/mol. The van der Waals surface area contributed by atoms with E-state index in [-0.39, 0.29) is 5.91 Å². The van der Waals surface area contributed by atoms with E-state index < -0.39 is 0 Å². The molecule has 3 rings (SSSR count). The lowest BCUT2D eigenvalue weighted by Crippen LogP contribution is -2.17. The molecule has 1 aromatic carbocycles. The predicted octanol–water partition coefficient (Wildman–Crippen LogP) is 4.62. The molecule has 0 radical (unpaired) electrons. The van der Waals surface area contributed by atoms with Crippen LogP contribution in [-0.4, -0.2) is 16.8 Å². The lowest BCUT2D eigenvalue weighted by atomic mass is 10.2. The monoisotopic (exact) mass is 425 g/mol. The Morgan fingerprint density at radius 2 is 2.22 bits per heavy atom. The van der Waals surface area contributed by atoms with Crippen LogP contribution >= 0.6 is 51.2 Å². The maximum absolute atomic E-state index is 11.8. The summed E-state index contributed by atoms with van der Waals surface area (Å²) >= 11 is 11.5. The van der Waals surface area contributed by atoms with Crippen molar-refractivity contribution in [1.82, 2.24) is 5.32 Å². The van der Waals surface area contributed by atoms with Crippen LogP contribution in [0.1, 0.15) is 10.4 Å². The number of carbonyl (C=O) groups is 1. The van der Waals surface area contributed by atoms with Crippen LogP contribution in [0, 0.1) is 0 Å². The standard InChI is InChI=1S/C16H12BrNO2S3/c17-11-3-4-13(20-6-5-12-2-1-7-22-12)10(8-11)9-14-15(19)18-16(21)23-14/h1-4,7-9H,5-6H2,(H,18,19,21)/b14-9+. The number of carbonyl (C=O) groups excluding carboxylic acids is 1. The molecule has 1 amide bonds. The third-order valence-corrected chi connectivity index (χ3v) is 5.68. The molecule has 0 aliphatic carbocycles. The first-order valence-corrected chi connectivity index (χ1v) is 9.71. The van der Waals surface area contributed by atoms with Gasteiger partial charge in [0.1, 0.15) is 10.1 Å². The van der Waals surface area contributed by atoms with Gasteiger partial charge in [-0.2, -0.15) is 0 Å². The first-order valence-electron chi connectivity index (χ1n) is 6.81. The van der Waals surface area contributed by atoms with E-state index in [1.54, 1.807) is 11.3 Å². The molecule has 0 atom stereocenters. The normalized spacial score (nSPS) is 16.0. The second-order valence-electron chi connectivity index (χ2n) is 4.71. The topological polar surface area (TPSA) is 38.3 Å². The number of ether oxygens (including phenoxy) is 1. The summed E-state index contributed by atoms with van der Waals surface area (Å²) in [5.74, 6) is 0.591. The summed E-state index contributed by atoms with van der Waals surface area (Å²) < 4.78 is 7.32. The second kappa shape index (κ2) is 7.61. The highest BCUT2D eigenvalue weighted by atomic mass is 79.9. The van der Waals surface area contributed by atoms with Crippen molar-refractivity contribution in [1.29, 1.82) is 0 Å². The molecule has 0 unspecified atom stereocenters. The van der Waals surface area contributed by atoms with Gasteiger partial charge in [-0.05, 0) is 35.7 Å². The molecule has 0 saturated carbocycles. The van der Waals surface area contributed by atoms with E-state index in [0.717, 1.165) is 22.2 Å². The zero-order valence-electron chi connectivity index (χ0n) is 11.9. The molecule has 0 spiro atoms. The van der Waals surface area contributed by atoms with Gasteiger partial charge >= 0.3 is 0 Å². The van der Waals surface area contributed by atoms with Crippen LogP contribution in [0.3, 0.4) is 0 Å². The molecular formula is C16H12BrNO2S3. The van der Waals surface area contributed by atoms with Crippen molar-refractivity contribution >= 4 is 67.6 Å². The first-order chi connectivity index (χ1) is 11.1. The number of nitrogens with one attached hydrogen (secondary N) is 1. The Bertz CT molecular complexity index is 772. The lowest BCUT2D eigenvalue weighted by Gasteiger charge is -2.09. The van der Waals surface area contributed by atoms with Crippen LogP contribution < -0.4 is 10.1 Å². The maximum atomic E-state index is 11.8. The van der Waals surface area contributed by atoms with Crippen LogP contribution in [-0.2, 0) is 11.2 Å². The van der Waals surface area contributed by atoms with Gasteiger partial charge in [-0.3, -0.25) is 4.79 Å². The fourth-order valence-corrected chi connectivity index (χ4v) is 4.15. The van der Waals surface area contributed by atoms with E-state index in [0.29, 0.717) is 15.8 Å². The SMILES string of the molecule is O=C1NC(=S)S/C1=C/c1cc(Br)ccc1OCCc1cccs1. The Morgan fingerprint density at radius 3 is 2.91 bits per heavy atom. The fourth-order valence-electron chi connectivity index (χ4n) is 2.04. The molecule has 1 aliphatic rings. The summed E-state index contributed by atoms with van der Waals surface area (Å²) in [6, 6.07) is 9.89. The number of thiocarbonyl (C=S) groups is 1. The molecular weight excluding hydrogens is 414 g/mol. The first kappa shape index (κ1) is 16.7. The minimum atomic E-state index is -0.162. The smallest absolute Gasteiger partial charge is 0.263 e. The van der Waals surface area contributed by atoms with Crippen molar-refractivity contribution in [3.05, 3.63) is 55.5 Å². The zero-order valence-corrected chi connectivity index (χ0v) is 15.9. The minimum Gasteiger partial charge on any atom is -0.493 e. The predicted molar refractivity (Wildman–Crippen MR) is 104 cm³/mol. The summed E-state index contributed by atoms with van der Waals surface area (Å²) in [6.45, 7) is 0.593. The number of hydrogen-bond donors (Lipinski definition) is 1. The van der Waals surface area contributed by atoms with E-state index in [9.17, 15) is 4.79 Å². The van der Waals surface area contributed by atoms with Crippen LogP contribution in [0.2, 0.25) is 0 Å². The van der Waals surface area contributed by atoms with Gasteiger partial charge in [-0.25, -0.2) is 0 Å². The molecule has 1 aliphatic heterocycles. The van der Waals surface area contributed by atoms with Gasteiger partial charge in [0, 0.05) is 21.3 Å². The summed E-state index contributed by atoms with van der Waals surface area (Å²) in [4.78, 5) is 13.7. The lowest BCUT2D eigenvalue weighted by molar-refractivity contribution is -0.115. The van der Waals surface area contributed by atoms with Gasteiger partial charge in [0.2, 0.25) is 0 Å². The Balaban J connectivity index is 1.76. The van der Waals surface area contributed by atoms with Gasteiger partial charge in [0.15, 0.2) is 0 Å². The van der Waals surface area contributed by atoms with Crippen molar-refractivity contribution in [3.8, 4) is 5.75 Å². The highest BCUT2D eigenvalue weighted by Crippen LogP contribution is 2.31. The van der Waals surface area contributed by atoms with Crippen LogP contribution in [0.4, 0.5) is 0 Å². The number of hydrogen-bond acceptors (Lipinski definition) is 5. The van der Waals surface area contributed by atoms with E-state index in [4.69, 9.17) is 17.0 Å². The molecule has 118 valence electrons. The average Bonchev–Trinajstić information content (AvgIpc) is 3.12. The molecule has 1 aromatic heterocycles. The zero-order chi connectivity index (χ0) is 16.2. The summed E-state index contributed by atoms with van der Waals surface area (Å²) in [6.07, 6.45) is 2.67. The number of amides is 1. The molecule has 2 heterocycles. The Labute approximate surface area is 156 Å². The van der Waals surface area contributed by atoms with Crippen molar-refractivity contribution in [3.63, 3.8) is 0 Å². The molecule has 0 bridgehead atoms. The van der Waals surface area contributed by atoms with Gasteiger partial charge in [0.05, 0.1) is 11.5 Å². The van der Waals surface area contributed by atoms with E-state index in [1.165, 1.54) is 16.6 Å². The molecule has 1 N–H and O–H groups in total. The van der Waals surface area contributed by atoms with Gasteiger partial charge in [-0.1, -0.05) is 46.0 Å². The highest BCUT2D eigenvalue weighted by Gasteiger charge is 2.22. The Hall–Kier alpha value is -1.15. The van der Waals surface area contributed by atoms with Crippen molar-refractivity contribution in [2.45, 2.75) is 6.42 Å². The fraction of sp³-hybridized carbons (Fsp3) is 0.125. The van der Waals surface area contributed by atoms with Gasteiger partial charge in [0.25, 0.3) is 5.91 Å². The largest absolute Gasteiger partial charge is 0.493 e. The van der Waals surface area contributed by atoms with E-state index in [2.05, 4.69) is 32.7 Å². The number of rotatable bonds is 5. The van der Waals surface area contributed by atoms with E-state index >= 15 is 0 Å². The molecule has 3 nitrogen and oxygen atoms in total. The van der Waals surface area contributed by atoms with Crippen LogP contribution in [0.5, 0.6) is 5.75 Å². The van der Waals surface area contributed by atoms with Gasteiger partial charge in [-0.15, -0.1) is 11.3 Å². The minimum absolute atomic E-state index is 0.162.